The zero-order valence-corrected chi connectivity index (χ0v) is 12.6. The van der Waals surface area contributed by atoms with Gasteiger partial charge in [0.05, 0.1) is 4.90 Å². The first-order valence-corrected chi connectivity index (χ1v) is 8.40. The lowest BCUT2D eigenvalue weighted by Gasteiger charge is -2.16. The first-order chi connectivity index (χ1) is 10.3. The van der Waals surface area contributed by atoms with Gasteiger partial charge >= 0.3 is 0 Å². The molecule has 0 aliphatic heterocycles. The van der Waals surface area contributed by atoms with Crippen LogP contribution in [0.4, 0.5) is 8.78 Å². The van der Waals surface area contributed by atoms with Crippen LogP contribution in [0, 0.1) is 11.6 Å². The third kappa shape index (κ3) is 3.76. The first kappa shape index (κ1) is 16.3. The van der Waals surface area contributed by atoms with E-state index in [1.54, 1.807) is 12.1 Å². The van der Waals surface area contributed by atoms with E-state index >= 15 is 0 Å². The average Bonchev–Trinajstić information content (AvgIpc) is 2.43. The summed E-state index contributed by atoms with van der Waals surface area (Å²) in [6.07, 6.45) is 1.80. The lowest BCUT2D eigenvalue weighted by atomic mass is 9.89. The predicted octanol–water partition coefficient (Wildman–Crippen LogP) is 3.09. The molecular formula is C16H14F2O3S. The molecule has 0 radical (unpaired) electrons. The molecule has 6 heteroatoms. The van der Waals surface area contributed by atoms with Crippen molar-refractivity contribution < 1.29 is 22.0 Å². The van der Waals surface area contributed by atoms with E-state index in [0.29, 0.717) is 17.4 Å². The summed E-state index contributed by atoms with van der Waals surface area (Å²) in [5.41, 5.74) is 0.946. The Balaban J connectivity index is 2.45. The highest BCUT2D eigenvalue weighted by molar-refractivity contribution is 7.90. The highest BCUT2D eigenvalue weighted by Crippen LogP contribution is 2.29. The Morgan fingerprint density at radius 1 is 1.00 bits per heavy atom. The molecule has 0 saturated carbocycles. The van der Waals surface area contributed by atoms with Crippen LogP contribution >= 0.6 is 0 Å². The Morgan fingerprint density at radius 2 is 1.55 bits per heavy atom. The summed E-state index contributed by atoms with van der Waals surface area (Å²) in [6.45, 7) is 0. The Morgan fingerprint density at radius 3 is 2.00 bits per heavy atom. The van der Waals surface area contributed by atoms with Crippen molar-refractivity contribution in [3.63, 3.8) is 0 Å². The molecule has 0 heterocycles. The van der Waals surface area contributed by atoms with Crippen LogP contribution in [0.2, 0.25) is 0 Å². The highest BCUT2D eigenvalue weighted by Gasteiger charge is 2.17. The monoisotopic (exact) mass is 324 g/mol. The molecule has 0 amide bonds. The third-order valence-corrected chi connectivity index (χ3v) is 4.46. The zero-order chi connectivity index (χ0) is 16.3. The smallest absolute Gasteiger partial charge is 0.175 e. The molecule has 2 aromatic carbocycles. The van der Waals surface area contributed by atoms with Gasteiger partial charge in [0.25, 0.3) is 0 Å². The van der Waals surface area contributed by atoms with Gasteiger partial charge in [-0.05, 0) is 35.4 Å². The maximum absolute atomic E-state index is 13.4. The summed E-state index contributed by atoms with van der Waals surface area (Å²) in [5.74, 6) is -1.98. The minimum Gasteiger partial charge on any atom is -0.303 e. The molecule has 0 N–H and O–H groups in total. The second-order valence-electron chi connectivity index (χ2n) is 5.00. The summed E-state index contributed by atoms with van der Waals surface area (Å²) < 4.78 is 49.6. The van der Waals surface area contributed by atoms with Crippen LogP contribution in [0.25, 0.3) is 0 Å². The largest absolute Gasteiger partial charge is 0.303 e. The van der Waals surface area contributed by atoms with Gasteiger partial charge in [0.15, 0.2) is 9.84 Å². The normalized spacial score (nSPS) is 12.9. The van der Waals surface area contributed by atoms with E-state index in [0.717, 1.165) is 12.3 Å². The standard InChI is InChI=1S/C16H14F2O3S/c1-22(20,21)15-4-2-11(3-5-15)16(6-7-19)12-8-13(17)10-14(18)9-12/h2-5,7-10,16H,6H2,1H3. The highest BCUT2D eigenvalue weighted by atomic mass is 32.2. The van der Waals surface area contributed by atoms with Crippen LogP contribution in [-0.2, 0) is 14.6 Å². The Labute approximate surface area is 127 Å². The Kier molecular flexibility index (Phi) is 4.71. The van der Waals surface area contributed by atoms with E-state index in [1.165, 1.54) is 24.3 Å². The van der Waals surface area contributed by atoms with Crippen molar-refractivity contribution in [2.24, 2.45) is 0 Å². The van der Waals surface area contributed by atoms with E-state index in [2.05, 4.69) is 0 Å². The van der Waals surface area contributed by atoms with Crippen LogP contribution in [0.5, 0.6) is 0 Å². The van der Waals surface area contributed by atoms with Crippen molar-refractivity contribution in [2.45, 2.75) is 17.2 Å². The van der Waals surface area contributed by atoms with Crippen molar-refractivity contribution in [2.75, 3.05) is 6.26 Å². The predicted molar refractivity (Wildman–Crippen MR) is 78.4 cm³/mol. The minimum atomic E-state index is -3.33. The van der Waals surface area contributed by atoms with Gasteiger partial charge in [0.1, 0.15) is 17.9 Å². The molecule has 1 unspecified atom stereocenters. The molecule has 3 nitrogen and oxygen atoms in total. The van der Waals surface area contributed by atoms with Crippen molar-refractivity contribution in [1.29, 1.82) is 0 Å². The van der Waals surface area contributed by atoms with E-state index in [1.807, 2.05) is 0 Å². The molecule has 116 valence electrons. The fraction of sp³-hybridized carbons (Fsp3) is 0.188. The summed E-state index contributed by atoms with van der Waals surface area (Å²) in [6, 6.07) is 9.02. The van der Waals surface area contributed by atoms with Gasteiger partial charge in [-0.25, -0.2) is 17.2 Å². The molecule has 0 saturated heterocycles. The van der Waals surface area contributed by atoms with Gasteiger partial charge in [0, 0.05) is 24.7 Å². The zero-order valence-electron chi connectivity index (χ0n) is 11.8. The van der Waals surface area contributed by atoms with Crippen LogP contribution in [0.3, 0.4) is 0 Å². The third-order valence-electron chi connectivity index (χ3n) is 3.33. The van der Waals surface area contributed by atoms with Crippen LogP contribution in [0.1, 0.15) is 23.5 Å². The second-order valence-corrected chi connectivity index (χ2v) is 7.01. The molecule has 1 atom stereocenters. The van der Waals surface area contributed by atoms with Gasteiger partial charge in [0.2, 0.25) is 0 Å². The number of hydrogen-bond donors (Lipinski definition) is 0. The van der Waals surface area contributed by atoms with Gasteiger partial charge in [-0.1, -0.05) is 12.1 Å². The number of benzene rings is 2. The van der Waals surface area contributed by atoms with Crippen molar-refractivity contribution in [3.8, 4) is 0 Å². The van der Waals surface area contributed by atoms with E-state index in [4.69, 9.17) is 0 Å². The van der Waals surface area contributed by atoms with Crippen molar-refractivity contribution >= 4 is 16.1 Å². The first-order valence-electron chi connectivity index (χ1n) is 6.51. The van der Waals surface area contributed by atoms with Crippen LogP contribution in [0.15, 0.2) is 47.4 Å². The minimum absolute atomic E-state index is 0.0428. The quantitative estimate of drug-likeness (QED) is 0.794. The molecule has 0 aliphatic rings. The molecule has 22 heavy (non-hydrogen) atoms. The summed E-state index contributed by atoms with van der Waals surface area (Å²) in [7, 11) is -3.33. The number of carbonyl (C=O) groups excluding carboxylic acids is 1. The number of carbonyl (C=O) groups is 1. The van der Waals surface area contributed by atoms with E-state index in [9.17, 15) is 22.0 Å². The fourth-order valence-corrected chi connectivity index (χ4v) is 2.91. The van der Waals surface area contributed by atoms with Gasteiger partial charge in [-0.15, -0.1) is 0 Å². The maximum atomic E-state index is 13.4. The fourth-order valence-electron chi connectivity index (χ4n) is 2.28. The maximum Gasteiger partial charge on any atom is 0.175 e. The van der Waals surface area contributed by atoms with Gasteiger partial charge in [-0.3, -0.25) is 0 Å². The molecule has 0 spiro atoms. The Bertz CT molecular complexity index is 763. The number of hydrogen-bond acceptors (Lipinski definition) is 3. The lowest BCUT2D eigenvalue weighted by Crippen LogP contribution is -2.04. The number of halogens is 2. The molecule has 2 aromatic rings. The number of aldehydes is 1. The number of sulfone groups is 1. The van der Waals surface area contributed by atoms with Crippen molar-refractivity contribution in [1.82, 2.24) is 0 Å². The molecular weight excluding hydrogens is 310 g/mol. The van der Waals surface area contributed by atoms with E-state index < -0.39 is 27.4 Å². The average molecular weight is 324 g/mol. The Hall–Kier alpha value is -2.08. The second kappa shape index (κ2) is 6.36. The van der Waals surface area contributed by atoms with Crippen LogP contribution < -0.4 is 0 Å². The number of rotatable bonds is 5. The molecule has 0 aromatic heterocycles. The summed E-state index contributed by atoms with van der Waals surface area (Å²) in [4.78, 5) is 11.0. The molecule has 0 fully saturated rings. The summed E-state index contributed by atoms with van der Waals surface area (Å²) >= 11 is 0. The molecule has 0 bridgehead atoms. The lowest BCUT2D eigenvalue weighted by molar-refractivity contribution is -0.108. The molecule has 0 aliphatic carbocycles. The van der Waals surface area contributed by atoms with E-state index in [-0.39, 0.29) is 11.3 Å². The SMILES string of the molecule is CS(=O)(=O)c1ccc(C(CC=O)c2cc(F)cc(F)c2)cc1. The summed E-state index contributed by atoms with van der Waals surface area (Å²) in [5, 5.41) is 0. The van der Waals surface area contributed by atoms with Crippen LogP contribution in [-0.4, -0.2) is 21.0 Å². The molecule has 2 rings (SSSR count). The van der Waals surface area contributed by atoms with Crippen molar-refractivity contribution in [3.05, 3.63) is 65.2 Å². The van der Waals surface area contributed by atoms with Gasteiger partial charge < -0.3 is 4.79 Å². The topological polar surface area (TPSA) is 51.2 Å². The van der Waals surface area contributed by atoms with Gasteiger partial charge in [-0.2, -0.15) is 0 Å².